The van der Waals surface area contributed by atoms with Crippen molar-refractivity contribution >= 4 is 0 Å². The summed E-state index contributed by atoms with van der Waals surface area (Å²) < 4.78 is 28.6. The third kappa shape index (κ3) is 4.40. The van der Waals surface area contributed by atoms with E-state index in [1.165, 1.54) is 31.3 Å². The van der Waals surface area contributed by atoms with Gasteiger partial charge < -0.3 is 0 Å². The maximum absolute atomic E-state index is 14.3. The van der Waals surface area contributed by atoms with E-state index in [2.05, 4.69) is 25.2 Å². The van der Waals surface area contributed by atoms with Gasteiger partial charge in [0.25, 0.3) is 0 Å². The van der Waals surface area contributed by atoms with Crippen molar-refractivity contribution in [2.24, 2.45) is 11.8 Å². The second kappa shape index (κ2) is 8.29. The van der Waals surface area contributed by atoms with E-state index >= 15 is 0 Å². The Labute approximate surface area is 151 Å². The third-order valence-corrected chi connectivity index (χ3v) is 5.99. The van der Waals surface area contributed by atoms with E-state index in [-0.39, 0.29) is 23.1 Å². The molecular weight excluding hydrogens is 314 g/mol. The van der Waals surface area contributed by atoms with Crippen LogP contribution in [0.4, 0.5) is 8.78 Å². The molecule has 0 aromatic heterocycles. The van der Waals surface area contributed by atoms with Gasteiger partial charge in [-0.25, -0.2) is 8.78 Å². The van der Waals surface area contributed by atoms with Crippen LogP contribution in [-0.4, -0.2) is 0 Å². The highest BCUT2D eigenvalue weighted by atomic mass is 19.1. The van der Waals surface area contributed by atoms with Crippen LogP contribution >= 0.6 is 0 Å². The Morgan fingerprint density at radius 3 is 2.28 bits per heavy atom. The predicted molar refractivity (Wildman–Crippen MR) is 101 cm³/mol. The molecule has 1 fully saturated rings. The molecule has 2 aliphatic rings. The molecule has 0 saturated heterocycles. The van der Waals surface area contributed by atoms with Crippen molar-refractivity contribution in [2.75, 3.05) is 0 Å². The van der Waals surface area contributed by atoms with E-state index in [9.17, 15) is 8.78 Å². The Morgan fingerprint density at radius 1 is 1.04 bits per heavy atom. The Morgan fingerprint density at radius 2 is 1.72 bits per heavy atom. The largest absolute Gasteiger partial charge is 0.207 e. The molecule has 0 nitrogen and oxygen atoms in total. The lowest BCUT2D eigenvalue weighted by molar-refractivity contribution is 0.322. The van der Waals surface area contributed by atoms with Crippen LogP contribution in [0.5, 0.6) is 0 Å². The Balaban J connectivity index is 1.67. The normalized spacial score (nSPS) is 26.6. The zero-order valence-electron chi connectivity index (χ0n) is 15.5. The van der Waals surface area contributed by atoms with Crippen LogP contribution < -0.4 is 0 Å². The fourth-order valence-corrected chi connectivity index (χ4v) is 4.21. The fourth-order valence-electron chi connectivity index (χ4n) is 4.21. The zero-order chi connectivity index (χ0) is 17.8. The van der Waals surface area contributed by atoms with Gasteiger partial charge in [0.2, 0.25) is 0 Å². The van der Waals surface area contributed by atoms with Crippen molar-refractivity contribution in [2.45, 2.75) is 71.1 Å². The monoisotopic (exact) mass is 344 g/mol. The molecule has 136 valence electrons. The summed E-state index contributed by atoms with van der Waals surface area (Å²) in [5.41, 5.74) is 2.45. The second-order valence-corrected chi connectivity index (χ2v) is 7.93. The summed E-state index contributed by atoms with van der Waals surface area (Å²) in [6.45, 7) is 4.37. The maximum Gasteiger partial charge on any atom is 0.129 e. The Kier molecular flexibility index (Phi) is 6.09. The summed E-state index contributed by atoms with van der Waals surface area (Å²) in [7, 11) is 0. The summed E-state index contributed by atoms with van der Waals surface area (Å²) in [5, 5.41) is 0. The van der Waals surface area contributed by atoms with Gasteiger partial charge in [0.15, 0.2) is 0 Å². The number of rotatable bonds is 5. The van der Waals surface area contributed by atoms with Crippen molar-refractivity contribution in [3.05, 3.63) is 58.7 Å². The van der Waals surface area contributed by atoms with Gasteiger partial charge in [-0.3, -0.25) is 0 Å². The molecule has 2 aliphatic carbocycles. The van der Waals surface area contributed by atoms with Gasteiger partial charge in [-0.1, -0.05) is 51.3 Å². The molecule has 25 heavy (non-hydrogen) atoms. The molecule has 1 aromatic rings. The predicted octanol–water partition coefficient (Wildman–Crippen LogP) is 7.10. The molecule has 1 unspecified atom stereocenters. The van der Waals surface area contributed by atoms with Gasteiger partial charge >= 0.3 is 0 Å². The summed E-state index contributed by atoms with van der Waals surface area (Å²) in [4.78, 5) is 0. The molecule has 0 N–H and O–H groups in total. The number of allylic oxidation sites excluding steroid dienone is 4. The number of benzene rings is 1. The molecular formula is C23H30F2. The summed E-state index contributed by atoms with van der Waals surface area (Å²) >= 11 is 0. The van der Waals surface area contributed by atoms with Gasteiger partial charge in [-0.2, -0.15) is 0 Å². The molecule has 3 rings (SSSR count). The van der Waals surface area contributed by atoms with Crippen LogP contribution in [0.2, 0.25) is 0 Å². The van der Waals surface area contributed by atoms with E-state index in [1.807, 2.05) is 6.92 Å². The molecule has 0 aliphatic heterocycles. The highest BCUT2D eigenvalue weighted by molar-refractivity contribution is 5.36. The molecule has 2 heteroatoms. The molecule has 1 atom stereocenters. The molecule has 0 bridgehead atoms. The minimum atomic E-state index is -0.382. The Hall–Kier alpha value is -1.44. The first-order valence-corrected chi connectivity index (χ1v) is 9.94. The Bertz CT molecular complexity index is 625. The lowest BCUT2D eigenvalue weighted by Crippen LogP contribution is -2.15. The van der Waals surface area contributed by atoms with E-state index < -0.39 is 0 Å². The van der Waals surface area contributed by atoms with Crippen molar-refractivity contribution in [1.29, 1.82) is 0 Å². The highest BCUT2D eigenvalue weighted by Gasteiger charge is 2.23. The van der Waals surface area contributed by atoms with Crippen LogP contribution in [0.3, 0.4) is 0 Å². The van der Waals surface area contributed by atoms with E-state index in [4.69, 9.17) is 0 Å². The minimum Gasteiger partial charge on any atom is -0.207 e. The summed E-state index contributed by atoms with van der Waals surface area (Å²) in [6.07, 6.45) is 14.9. The van der Waals surface area contributed by atoms with Crippen molar-refractivity contribution in [3.63, 3.8) is 0 Å². The van der Waals surface area contributed by atoms with Crippen LogP contribution in [0.1, 0.15) is 75.8 Å². The highest BCUT2D eigenvalue weighted by Crippen LogP contribution is 2.37. The number of hydrogen-bond donors (Lipinski definition) is 0. The first-order valence-electron chi connectivity index (χ1n) is 9.94. The number of hydrogen-bond acceptors (Lipinski definition) is 0. The number of halogens is 2. The topological polar surface area (TPSA) is 0 Å². The zero-order valence-corrected chi connectivity index (χ0v) is 15.5. The van der Waals surface area contributed by atoms with Crippen LogP contribution in [-0.2, 0) is 6.42 Å². The summed E-state index contributed by atoms with van der Waals surface area (Å²) in [5.74, 6) is 0.865. The van der Waals surface area contributed by atoms with Gasteiger partial charge in [-0.05, 0) is 67.2 Å². The summed E-state index contributed by atoms with van der Waals surface area (Å²) in [6, 6.07) is 3.09. The van der Waals surface area contributed by atoms with Crippen LogP contribution in [0, 0.1) is 23.5 Å². The molecule has 0 amide bonds. The average molecular weight is 344 g/mol. The molecule has 0 heterocycles. The minimum absolute atomic E-state index is 0.0930. The van der Waals surface area contributed by atoms with Gasteiger partial charge in [0, 0.05) is 11.5 Å². The quantitative estimate of drug-likeness (QED) is 0.534. The first kappa shape index (κ1) is 18.4. The van der Waals surface area contributed by atoms with E-state index in [1.54, 1.807) is 12.1 Å². The second-order valence-electron chi connectivity index (χ2n) is 7.93. The molecule has 1 saturated carbocycles. The van der Waals surface area contributed by atoms with Crippen LogP contribution in [0.25, 0.3) is 0 Å². The van der Waals surface area contributed by atoms with Gasteiger partial charge in [-0.15, -0.1) is 0 Å². The lowest BCUT2D eigenvalue weighted by Gasteiger charge is -2.29. The standard InChI is InChI=1S/C23H30F2/c1-3-4-5-21-22(24)14-20(15-23(21)25)19-12-10-18(11-13-19)17-8-6-16(2)7-9-17/h10-12,14-17,19H,3-9,13H2,1-2H3. The first-order chi connectivity index (χ1) is 12.1. The number of unbranched alkanes of at least 4 members (excludes halogenated alkanes) is 1. The van der Waals surface area contributed by atoms with Crippen molar-refractivity contribution < 1.29 is 8.78 Å². The van der Waals surface area contributed by atoms with Crippen molar-refractivity contribution in [3.8, 4) is 0 Å². The fraction of sp³-hybridized carbons (Fsp3) is 0.565. The average Bonchev–Trinajstić information content (AvgIpc) is 2.62. The van der Waals surface area contributed by atoms with E-state index in [0.29, 0.717) is 12.3 Å². The molecule has 0 radical (unpaired) electrons. The van der Waals surface area contributed by atoms with Gasteiger partial charge in [0.1, 0.15) is 11.6 Å². The lowest BCUT2D eigenvalue weighted by atomic mass is 9.76. The van der Waals surface area contributed by atoms with Gasteiger partial charge in [0.05, 0.1) is 0 Å². The van der Waals surface area contributed by atoms with E-state index in [0.717, 1.165) is 30.7 Å². The third-order valence-electron chi connectivity index (χ3n) is 5.99. The SMILES string of the molecule is CCCCc1c(F)cc(C2C=CC(C3CCC(C)CC3)=CC2)cc1F. The van der Waals surface area contributed by atoms with Crippen LogP contribution in [0.15, 0.2) is 35.9 Å². The maximum atomic E-state index is 14.3. The molecule has 0 spiro atoms. The molecule has 1 aromatic carbocycles. The van der Waals surface area contributed by atoms with Crippen molar-refractivity contribution in [1.82, 2.24) is 0 Å². The smallest absolute Gasteiger partial charge is 0.129 e.